The van der Waals surface area contributed by atoms with Gasteiger partial charge in [-0.25, -0.2) is 0 Å². The number of hydrogen-bond acceptors (Lipinski definition) is 3. The Labute approximate surface area is 104 Å². The highest BCUT2D eigenvalue weighted by atomic mass is 16.2. The van der Waals surface area contributed by atoms with Gasteiger partial charge in [0.1, 0.15) is 0 Å². The number of nitrogens with one attached hydrogen (secondary N) is 1. The minimum absolute atomic E-state index is 0.0506. The predicted molar refractivity (Wildman–Crippen MR) is 69.5 cm³/mol. The molecule has 100 valence electrons. The monoisotopic (exact) mass is 242 g/mol. The molecule has 0 rings (SSSR count). The average molecular weight is 242 g/mol. The standard InChI is InChI=1S/C13H26N2O2/c1-9(2)12(16)11(7-5-6-8-14)15-13(17)10(3)4/h9-11H,5-8,14H2,1-4H3,(H,15,17)/t11-/m0/s1. The zero-order valence-corrected chi connectivity index (χ0v) is 11.5. The van der Waals surface area contributed by atoms with E-state index in [2.05, 4.69) is 5.32 Å². The molecule has 17 heavy (non-hydrogen) atoms. The van der Waals surface area contributed by atoms with Gasteiger partial charge in [-0.15, -0.1) is 0 Å². The molecule has 0 unspecified atom stereocenters. The summed E-state index contributed by atoms with van der Waals surface area (Å²) < 4.78 is 0. The molecular formula is C13H26N2O2. The highest BCUT2D eigenvalue weighted by molar-refractivity contribution is 5.90. The maximum Gasteiger partial charge on any atom is 0.223 e. The van der Waals surface area contributed by atoms with Crippen LogP contribution in [0.25, 0.3) is 0 Å². The largest absolute Gasteiger partial charge is 0.346 e. The van der Waals surface area contributed by atoms with Gasteiger partial charge >= 0.3 is 0 Å². The van der Waals surface area contributed by atoms with Crippen molar-refractivity contribution in [1.29, 1.82) is 0 Å². The fourth-order valence-electron chi connectivity index (χ4n) is 1.52. The summed E-state index contributed by atoms with van der Waals surface area (Å²) >= 11 is 0. The lowest BCUT2D eigenvalue weighted by atomic mass is 9.96. The topological polar surface area (TPSA) is 72.2 Å². The van der Waals surface area contributed by atoms with Gasteiger partial charge in [0.05, 0.1) is 6.04 Å². The Morgan fingerprint density at radius 1 is 1.06 bits per heavy atom. The molecule has 0 spiro atoms. The molecule has 0 heterocycles. The van der Waals surface area contributed by atoms with Gasteiger partial charge < -0.3 is 11.1 Å². The van der Waals surface area contributed by atoms with Crippen molar-refractivity contribution in [3.8, 4) is 0 Å². The van der Waals surface area contributed by atoms with Crippen LogP contribution in [0.1, 0.15) is 47.0 Å². The van der Waals surface area contributed by atoms with Crippen molar-refractivity contribution in [3.63, 3.8) is 0 Å². The van der Waals surface area contributed by atoms with Gasteiger partial charge in [-0.05, 0) is 25.8 Å². The van der Waals surface area contributed by atoms with Crippen LogP contribution < -0.4 is 11.1 Å². The molecule has 0 saturated heterocycles. The lowest BCUT2D eigenvalue weighted by molar-refractivity contribution is -0.131. The summed E-state index contributed by atoms with van der Waals surface area (Å²) in [6, 6.07) is -0.351. The number of unbranched alkanes of at least 4 members (excludes halogenated alkanes) is 1. The summed E-state index contributed by atoms with van der Waals surface area (Å²) in [5.41, 5.74) is 5.43. The molecule has 0 bridgehead atoms. The zero-order chi connectivity index (χ0) is 13.4. The molecule has 0 aromatic carbocycles. The smallest absolute Gasteiger partial charge is 0.223 e. The van der Waals surface area contributed by atoms with Crippen molar-refractivity contribution in [2.45, 2.75) is 53.0 Å². The van der Waals surface area contributed by atoms with Crippen LogP contribution in [-0.2, 0) is 9.59 Å². The second-order valence-corrected chi connectivity index (χ2v) is 5.06. The lowest BCUT2D eigenvalue weighted by Crippen LogP contribution is -2.44. The Hall–Kier alpha value is -0.900. The minimum Gasteiger partial charge on any atom is -0.346 e. The Kier molecular flexibility index (Phi) is 7.79. The van der Waals surface area contributed by atoms with E-state index in [0.717, 1.165) is 12.8 Å². The number of carbonyl (C=O) groups excluding carboxylic acids is 2. The molecule has 4 nitrogen and oxygen atoms in total. The van der Waals surface area contributed by atoms with Crippen molar-refractivity contribution in [1.82, 2.24) is 5.32 Å². The van der Waals surface area contributed by atoms with E-state index in [4.69, 9.17) is 5.73 Å². The third kappa shape index (κ3) is 6.41. The predicted octanol–water partition coefficient (Wildman–Crippen LogP) is 1.48. The Bertz CT molecular complexity index is 250. The molecule has 1 amide bonds. The highest BCUT2D eigenvalue weighted by Crippen LogP contribution is 2.08. The molecule has 3 N–H and O–H groups in total. The van der Waals surface area contributed by atoms with Crippen molar-refractivity contribution >= 4 is 11.7 Å². The lowest BCUT2D eigenvalue weighted by Gasteiger charge is -2.20. The van der Waals surface area contributed by atoms with Gasteiger partial charge in [-0.1, -0.05) is 27.7 Å². The Balaban J connectivity index is 4.40. The summed E-state index contributed by atoms with van der Waals surface area (Å²) in [6.45, 7) is 8.00. The van der Waals surface area contributed by atoms with Gasteiger partial charge in [0.15, 0.2) is 5.78 Å². The van der Waals surface area contributed by atoms with Crippen molar-refractivity contribution in [2.24, 2.45) is 17.6 Å². The molecule has 0 aromatic rings. The van der Waals surface area contributed by atoms with E-state index < -0.39 is 0 Å². The van der Waals surface area contributed by atoms with Crippen LogP contribution in [0.5, 0.6) is 0 Å². The first kappa shape index (κ1) is 16.1. The Morgan fingerprint density at radius 2 is 1.65 bits per heavy atom. The first-order valence-electron chi connectivity index (χ1n) is 6.44. The van der Waals surface area contributed by atoms with E-state index in [1.54, 1.807) is 0 Å². The number of hydrogen-bond donors (Lipinski definition) is 2. The first-order valence-corrected chi connectivity index (χ1v) is 6.44. The SMILES string of the molecule is CC(C)C(=O)N[C@@H](CCCCN)C(=O)C(C)C. The number of nitrogens with two attached hydrogens (primary N) is 1. The molecule has 0 aromatic heterocycles. The van der Waals surface area contributed by atoms with Crippen LogP contribution in [0.15, 0.2) is 0 Å². The maximum atomic E-state index is 11.9. The van der Waals surface area contributed by atoms with Crippen molar-refractivity contribution in [3.05, 3.63) is 0 Å². The fraction of sp³-hybridized carbons (Fsp3) is 0.846. The second-order valence-electron chi connectivity index (χ2n) is 5.06. The molecular weight excluding hydrogens is 216 g/mol. The third-order valence-corrected chi connectivity index (χ3v) is 2.70. The van der Waals surface area contributed by atoms with Crippen LogP contribution in [0.2, 0.25) is 0 Å². The number of carbonyl (C=O) groups is 2. The second kappa shape index (κ2) is 8.23. The van der Waals surface area contributed by atoms with E-state index in [-0.39, 0.29) is 29.6 Å². The number of rotatable bonds is 8. The quantitative estimate of drug-likeness (QED) is 0.633. The number of ketones is 1. The first-order chi connectivity index (χ1) is 7.90. The minimum atomic E-state index is -0.351. The molecule has 0 radical (unpaired) electrons. The van der Waals surface area contributed by atoms with Gasteiger partial charge in [-0.3, -0.25) is 9.59 Å². The van der Waals surface area contributed by atoms with E-state index in [9.17, 15) is 9.59 Å². The zero-order valence-electron chi connectivity index (χ0n) is 11.5. The number of amides is 1. The van der Waals surface area contributed by atoms with Crippen LogP contribution in [-0.4, -0.2) is 24.3 Å². The summed E-state index contributed by atoms with van der Waals surface area (Å²) in [7, 11) is 0. The van der Waals surface area contributed by atoms with Gasteiger partial charge in [0.2, 0.25) is 5.91 Å². The molecule has 0 aliphatic carbocycles. The Morgan fingerprint density at radius 3 is 2.06 bits per heavy atom. The van der Waals surface area contributed by atoms with Crippen LogP contribution >= 0.6 is 0 Å². The molecule has 0 aliphatic rings. The average Bonchev–Trinajstić information content (AvgIpc) is 2.26. The summed E-state index contributed by atoms with van der Waals surface area (Å²) in [5, 5.41) is 2.83. The van der Waals surface area contributed by atoms with Crippen LogP contribution in [0, 0.1) is 11.8 Å². The molecule has 0 aliphatic heterocycles. The third-order valence-electron chi connectivity index (χ3n) is 2.70. The number of Topliss-reactive ketones (excluding diaryl/α,β-unsaturated/α-hetero) is 1. The van der Waals surface area contributed by atoms with Crippen LogP contribution in [0.3, 0.4) is 0 Å². The summed E-state index contributed by atoms with van der Waals surface area (Å²) in [5.74, 6) is -0.0925. The van der Waals surface area contributed by atoms with Gasteiger partial charge in [0.25, 0.3) is 0 Å². The summed E-state index contributed by atoms with van der Waals surface area (Å²) in [6.07, 6.45) is 2.45. The normalized spacial score (nSPS) is 12.9. The van der Waals surface area contributed by atoms with E-state index in [1.165, 1.54) is 0 Å². The van der Waals surface area contributed by atoms with Crippen LogP contribution in [0.4, 0.5) is 0 Å². The van der Waals surface area contributed by atoms with E-state index in [1.807, 2.05) is 27.7 Å². The van der Waals surface area contributed by atoms with Crippen molar-refractivity contribution in [2.75, 3.05) is 6.54 Å². The molecule has 0 fully saturated rings. The van der Waals surface area contributed by atoms with Gasteiger partial charge in [0, 0.05) is 11.8 Å². The molecule has 0 saturated carbocycles. The molecule has 1 atom stereocenters. The summed E-state index contributed by atoms with van der Waals surface area (Å²) in [4.78, 5) is 23.6. The highest BCUT2D eigenvalue weighted by Gasteiger charge is 2.23. The maximum absolute atomic E-state index is 11.9. The van der Waals surface area contributed by atoms with E-state index >= 15 is 0 Å². The van der Waals surface area contributed by atoms with Gasteiger partial charge in [-0.2, -0.15) is 0 Å². The molecule has 4 heteroatoms. The van der Waals surface area contributed by atoms with Crippen molar-refractivity contribution < 1.29 is 9.59 Å². The van der Waals surface area contributed by atoms with E-state index in [0.29, 0.717) is 13.0 Å². The fourth-order valence-corrected chi connectivity index (χ4v) is 1.52.